The molecule has 2 atom stereocenters. The number of hydrogen-bond donors (Lipinski definition) is 1. The van der Waals surface area contributed by atoms with Crippen molar-refractivity contribution in [2.45, 2.75) is 44.3 Å². The van der Waals surface area contributed by atoms with Crippen LogP contribution in [-0.4, -0.2) is 24.2 Å². The lowest BCUT2D eigenvalue weighted by Gasteiger charge is -2.26. The highest BCUT2D eigenvalue weighted by molar-refractivity contribution is 5.34. The van der Waals surface area contributed by atoms with E-state index in [2.05, 4.69) is 34.6 Å². The van der Waals surface area contributed by atoms with E-state index < -0.39 is 0 Å². The SMILES string of the molecule is c1ccc([C@@H](Oc2cccnc2OC2CCCC2)C2CCNC2)cc1. The summed E-state index contributed by atoms with van der Waals surface area (Å²) < 4.78 is 12.7. The Hall–Kier alpha value is -2.07. The van der Waals surface area contributed by atoms with Crippen molar-refractivity contribution in [1.82, 2.24) is 10.3 Å². The van der Waals surface area contributed by atoms with Crippen molar-refractivity contribution >= 4 is 0 Å². The molecule has 0 amide bonds. The normalized spacial score (nSPS) is 22.0. The molecule has 2 aromatic rings. The van der Waals surface area contributed by atoms with Gasteiger partial charge in [0.25, 0.3) is 5.88 Å². The molecule has 1 unspecified atom stereocenters. The first-order valence-electron chi connectivity index (χ1n) is 9.44. The van der Waals surface area contributed by atoms with E-state index in [0.717, 1.165) is 38.1 Å². The van der Waals surface area contributed by atoms with Crippen LogP contribution < -0.4 is 14.8 Å². The first kappa shape index (κ1) is 16.4. The van der Waals surface area contributed by atoms with E-state index in [1.54, 1.807) is 6.20 Å². The summed E-state index contributed by atoms with van der Waals surface area (Å²) in [6.07, 6.45) is 7.92. The van der Waals surface area contributed by atoms with Crippen LogP contribution in [-0.2, 0) is 0 Å². The van der Waals surface area contributed by atoms with Crippen molar-refractivity contribution in [1.29, 1.82) is 0 Å². The van der Waals surface area contributed by atoms with Crippen LogP contribution in [0.25, 0.3) is 0 Å². The number of hydrogen-bond acceptors (Lipinski definition) is 4. The van der Waals surface area contributed by atoms with Crippen molar-refractivity contribution in [3.05, 3.63) is 54.2 Å². The lowest BCUT2D eigenvalue weighted by atomic mass is 9.95. The van der Waals surface area contributed by atoms with Crippen LogP contribution in [0.15, 0.2) is 48.7 Å². The molecule has 4 rings (SSSR count). The lowest BCUT2D eigenvalue weighted by Crippen LogP contribution is -2.22. The second kappa shape index (κ2) is 7.87. The van der Waals surface area contributed by atoms with Crippen molar-refractivity contribution in [2.75, 3.05) is 13.1 Å². The summed E-state index contributed by atoms with van der Waals surface area (Å²) >= 11 is 0. The summed E-state index contributed by atoms with van der Waals surface area (Å²) in [5, 5.41) is 3.45. The highest BCUT2D eigenvalue weighted by Gasteiger charge is 2.29. The third-order valence-corrected chi connectivity index (χ3v) is 5.23. The van der Waals surface area contributed by atoms with Crippen LogP contribution in [0.4, 0.5) is 0 Å². The van der Waals surface area contributed by atoms with Crippen LogP contribution in [0, 0.1) is 5.92 Å². The molecule has 1 aliphatic carbocycles. The van der Waals surface area contributed by atoms with Gasteiger partial charge < -0.3 is 14.8 Å². The second-order valence-corrected chi connectivity index (χ2v) is 7.03. The van der Waals surface area contributed by atoms with Gasteiger partial charge in [-0.3, -0.25) is 0 Å². The number of pyridine rings is 1. The standard InChI is InChI=1S/C21H26N2O2/c1-2-7-16(8-3-1)20(17-12-14-22-15-17)25-19-11-6-13-23-21(19)24-18-9-4-5-10-18/h1-3,6-8,11,13,17-18,20,22H,4-5,9-10,12,14-15H2/t17?,20-/m1/s1. The van der Waals surface area contributed by atoms with Crippen molar-refractivity contribution in [2.24, 2.45) is 5.92 Å². The van der Waals surface area contributed by atoms with E-state index in [4.69, 9.17) is 9.47 Å². The Bertz CT molecular complexity index is 665. The monoisotopic (exact) mass is 338 g/mol. The first-order chi connectivity index (χ1) is 12.4. The molecule has 0 spiro atoms. The van der Waals surface area contributed by atoms with Crippen molar-refractivity contribution < 1.29 is 9.47 Å². The Morgan fingerprint density at radius 2 is 1.84 bits per heavy atom. The molecule has 25 heavy (non-hydrogen) atoms. The molecule has 1 saturated heterocycles. The Labute approximate surface area is 149 Å². The summed E-state index contributed by atoms with van der Waals surface area (Å²) in [4.78, 5) is 4.45. The zero-order valence-corrected chi connectivity index (χ0v) is 14.6. The predicted molar refractivity (Wildman–Crippen MR) is 97.9 cm³/mol. The highest BCUT2D eigenvalue weighted by Crippen LogP contribution is 2.36. The molecule has 1 aromatic heterocycles. The molecule has 4 nitrogen and oxygen atoms in total. The molecule has 132 valence electrons. The van der Waals surface area contributed by atoms with Gasteiger partial charge in [-0.2, -0.15) is 0 Å². The minimum absolute atomic E-state index is 0.0197. The maximum Gasteiger partial charge on any atom is 0.257 e. The first-order valence-corrected chi connectivity index (χ1v) is 9.44. The Balaban J connectivity index is 1.57. The molecule has 1 aliphatic heterocycles. The van der Waals surface area contributed by atoms with Crippen LogP contribution in [0.2, 0.25) is 0 Å². The van der Waals surface area contributed by atoms with Crippen LogP contribution >= 0.6 is 0 Å². The summed E-state index contributed by atoms with van der Waals surface area (Å²) in [5.41, 5.74) is 1.21. The van der Waals surface area contributed by atoms with Gasteiger partial charge in [0.05, 0.1) is 0 Å². The maximum absolute atomic E-state index is 6.50. The summed E-state index contributed by atoms with van der Waals surface area (Å²) in [7, 11) is 0. The van der Waals surface area contributed by atoms with Gasteiger partial charge in [0, 0.05) is 18.7 Å². The number of aromatic nitrogens is 1. The van der Waals surface area contributed by atoms with E-state index in [1.165, 1.54) is 18.4 Å². The third kappa shape index (κ3) is 3.96. The fourth-order valence-electron chi connectivity index (χ4n) is 3.87. The second-order valence-electron chi connectivity index (χ2n) is 7.03. The number of nitrogens with one attached hydrogen (secondary N) is 1. The van der Waals surface area contributed by atoms with Gasteiger partial charge in [-0.05, 0) is 56.3 Å². The molecule has 4 heteroatoms. The predicted octanol–water partition coefficient (Wildman–Crippen LogP) is 4.13. The lowest BCUT2D eigenvalue weighted by molar-refractivity contribution is 0.126. The maximum atomic E-state index is 6.50. The van der Waals surface area contributed by atoms with E-state index in [-0.39, 0.29) is 12.2 Å². The van der Waals surface area contributed by atoms with Gasteiger partial charge in [-0.1, -0.05) is 30.3 Å². The quantitative estimate of drug-likeness (QED) is 0.860. The fourth-order valence-corrected chi connectivity index (χ4v) is 3.87. The van der Waals surface area contributed by atoms with Crippen molar-refractivity contribution in [3.8, 4) is 11.6 Å². The molecule has 2 aliphatic rings. The van der Waals surface area contributed by atoms with Crippen molar-refractivity contribution in [3.63, 3.8) is 0 Å². The average molecular weight is 338 g/mol. The van der Waals surface area contributed by atoms with Gasteiger partial charge in [-0.15, -0.1) is 0 Å². The topological polar surface area (TPSA) is 43.4 Å². The molecule has 0 bridgehead atoms. The molecular formula is C21H26N2O2. The average Bonchev–Trinajstić information content (AvgIpc) is 3.36. The Kier molecular flexibility index (Phi) is 5.17. The zero-order valence-electron chi connectivity index (χ0n) is 14.6. The zero-order chi connectivity index (χ0) is 16.9. The molecular weight excluding hydrogens is 312 g/mol. The van der Waals surface area contributed by atoms with Crippen LogP contribution in [0.1, 0.15) is 43.8 Å². The molecule has 2 heterocycles. The molecule has 1 saturated carbocycles. The van der Waals surface area contributed by atoms with Gasteiger partial charge in [0.15, 0.2) is 5.75 Å². The molecule has 1 N–H and O–H groups in total. The van der Waals surface area contributed by atoms with E-state index >= 15 is 0 Å². The Morgan fingerprint density at radius 1 is 1.00 bits per heavy atom. The van der Waals surface area contributed by atoms with Crippen LogP contribution in [0.3, 0.4) is 0 Å². The minimum Gasteiger partial charge on any atom is -0.480 e. The van der Waals surface area contributed by atoms with Crippen LogP contribution in [0.5, 0.6) is 11.6 Å². The summed E-state index contributed by atoms with van der Waals surface area (Å²) in [6.45, 7) is 2.04. The van der Waals surface area contributed by atoms with Gasteiger partial charge in [0.1, 0.15) is 12.2 Å². The van der Waals surface area contributed by atoms with E-state index in [1.807, 2.05) is 18.2 Å². The van der Waals surface area contributed by atoms with E-state index in [9.17, 15) is 0 Å². The Morgan fingerprint density at radius 3 is 2.60 bits per heavy atom. The number of ether oxygens (including phenoxy) is 2. The number of nitrogens with zero attached hydrogens (tertiary/aromatic N) is 1. The minimum atomic E-state index is 0.0197. The molecule has 0 radical (unpaired) electrons. The smallest absolute Gasteiger partial charge is 0.257 e. The number of benzene rings is 1. The highest BCUT2D eigenvalue weighted by atomic mass is 16.5. The van der Waals surface area contributed by atoms with Gasteiger partial charge in [-0.25, -0.2) is 4.98 Å². The number of rotatable bonds is 6. The summed E-state index contributed by atoms with van der Waals surface area (Å²) in [5.74, 6) is 1.86. The largest absolute Gasteiger partial charge is 0.480 e. The molecule has 2 fully saturated rings. The fraction of sp³-hybridized carbons (Fsp3) is 0.476. The van der Waals surface area contributed by atoms with Gasteiger partial charge in [0.2, 0.25) is 0 Å². The molecule has 1 aromatic carbocycles. The summed E-state index contributed by atoms with van der Waals surface area (Å²) in [6, 6.07) is 14.4. The van der Waals surface area contributed by atoms with Gasteiger partial charge >= 0.3 is 0 Å². The third-order valence-electron chi connectivity index (χ3n) is 5.23. The van der Waals surface area contributed by atoms with E-state index in [0.29, 0.717) is 11.8 Å².